The smallest absolute Gasteiger partial charge is 0.405 e. The molecule has 2 aromatic rings. The van der Waals surface area contributed by atoms with Crippen molar-refractivity contribution in [2.24, 2.45) is 5.84 Å². The fourth-order valence-corrected chi connectivity index (χ4v) is 3.24. The number of hydrazine groups is 2. The van der Waals surface area contributed by atoms with E-state index >= 15 is 0 Å². The van der Waals surface area contributed by atoms with E-state index in [-0.39, 0.29) is 23.7 Å². The van der Waals surface area contributed by atoms with Gasteiger partial charge in [0, 0.05) is 17.5 Å². The summed E-state index contributed by atoms with van der Waals surface area (Å²) < 4.78 is 45.8. The maximum atomic E-state index is 13.5. The molecule has 0 aromatic heterocycles. The number of ether oxygens (including phenoxy) is 1. The molecule has 6 N–H and O–H groups in total. The van der Waals surface area contributed by atoms with Gasteiger partial charge in [0.1, 0.15) is 17.5 Å². The van der Waals surface area contributed by atoms with Gasteiger partial charge in [-0.3, -0.25) is 10.2 Å². The highest BCUT2D eigenvalue weighted by atomic mass is 19.4. The van der Waals surface area contributed by atoms with Crippen molar-refractivity contribution in [3.05, 3.63) is 59.7 Å². The predicted molar refractivity (Wildman–Crippen MR) is 94.0 cm³/mol. The third-order valence-corrected chi connectivity index (χ3v) is 4.52. The van der Waals surface area contributed by atoms with E-state index in [9.17, 15) is 23.1 Å². The number of carbonyl (C=O) groups excluding carboxylic acids is 1. The van der Waals surface area contributed by atoms with Gasteiger partial charge in [0.2, 0.25) is 0 Å². The van der Waals surface area contributed by atoms with E-state index in [2.05, 4.69) is 10.9 Å². The maximum absolute atomic E-state index is 13.5. The Hall–Kier alpha value is -2.82. The van der Waals surface area contributed by atoms with Gasteiger partial charge in [-0.15, -0.1) is 0 Å². The topological polar surface area (TPSA) is 109 Å². The molecule has 0 aliphatic carbocycles. The van der Waals surface area contributed by atoms with Crippen LogP contribution in [0.4, 0.5) is 13.2 Å². The van der Waals surface area contributed by atoms with Crippen LogP contribution in [0.3, 0.4) is 0 Å². The van der Waals surface area contributed by atoms with E-state index in [1.54, 1.807) is 30.3 Å². The van der Waals surface area contributed by atoms with E-state index < -0.39 is 30.1 Å². The number of carbonyl (C=O) groups is 1. The second-order valence-corrected chi connectivity index (χ2v) is 6.30. The number of benzene rings is 2. The molecule has 1 heterocycles. The van der Waals surface area contributed by atoms with Crippen LogP contribution in [0.2, 0.25) is 0 Å². The minimum atomic E-state index is -4.49. The summed E-state index contributed by atoms with van der Waals surface area (Å²) in [5.74, 6) is 3.31. The summed E-state index contributed by atoms with van der Waals surface area (Å²) >= 11 is 0. The quantitative estimate of drug-likeness (QED) is 0.299. The first-order valence-corrected chi connectivity index (χ1v) is 8.39. The van der Waals surface area contributed by atoms with Crippen LogP contribution < -0.4 is 26.9 Å². The summed E-state index contributed by atoms with van der Waals surface area (Å²) in [6.45, 7) is -0.360. The number of phenols is 1. The number of halogens is 3. The second kappa shape index (κ2) is 8.05. The van der Waals surface area contributed by atoms with E-state index in [1.165, 1.54) is 18.2 Å². The van der Waals surface area contributed by atoms with Gasteiger partial charge >= 0.3 is 6.18 Å². The SMILES string of the molecule is NNC(=O)COc1ccc(C2NNC(C(F)(F)F)C2c2ccccc2)c(O)c1. The summed E-state index contributed by atoms with van der Waals surface area (Å²) in [7, 11) is 0. The molecule has 0 bridgehead atoms. The first kappa shape index (κ1) is 19.9. The second-order valence-electron chi connectivity index (χ2n) is 6.30. The summed E-state index contributed by atoms with van der Waals surface area (Å²) in [5, 5.41) is 10.4. The molecular weight excluding hydrogens is 377 g/mol. The highest BCUT2D eigenvalue weighted by molar-refractivity contribution is 5.76. The first-order chi connectivity index (χ1) is 13.3. The molecule has 3 atom stereocenters. The van der Waals surface area contributed by atoms with Crippen molar-refractivity contribution in [2.75, 3.05) is 6.61 Å². The molecule has 7 nitrogen and oxygen atoms in total. The molecule has 10 heteroatoms. The lowest BCUT2D eigenvalue weighted by Crippen LogP contribution is -2.43. The third kappa shape index (κ3) is 4.19. The molecular formula is C18H19F3N4O3. The van der Waals surface area contributed by atoms with Crippen molar-refractivity contribution in [1.29, 1.82) is 0 Å². The third-order valence-electron chi connectivity index (χ3n) is 4.52. The summed E-state index contributed by atoms with van der Waals surface area (Å²) in [4.78, 5) is 11.1. The number of amides is 1. The van der Waals surface area contributed by atoms with Gasteiger partial charge in [0.25, 0.3) is 5.91 Å². The van der Waals surface area contributed by atoms with E-state index in [0.29, 0.717) is 5.56 Å². The van der Waals surface area contributed by atoms with Crippen molar-refractivity contribution >= 4 is 5.91 Å². The Labute approximate surface area is 158 Å². The molecule has 1 saturated heterocycles. The fraction of sp³-hybridized carbons (Fsp3) is 0.278. The molecule has 0 radical (unpaired) electrons. The van der Waals surface area contributed by atoms with Gasteiger partial charge in [-0.25, -0.2) is 16.7 Å². The van der Waals surface area contributed by atoms with Crippen molar-refractivity contribution < 1.29 is 27.8 Å². The molecule has 1 aliphatic heterocycles. The van der Waals surface area contributed by atoms with E-state index in [4.69, 9.17) is 10.6 Å². The maximum Gasteiger partial charge on any atom is 0.405 e. The fourth-order valence-electron chi connectivity index (χ4n) is 3.24. The highest BCUT2D eigenvalue weighted by Crippen LogP contribution is 2.45. The minimum absolute atomic E-state index is 0.180. The van der Waals surface area contributed by atoms with Crippen molar-refractivity contribution in [2.45, 2.75) is 24.2 Å². The molecule has 150 valence electrons. The van der Waals surface area contributed by atoms with Gasteiger partial charge < -0.3 is 9.84 Å². The monoisotopic (exact) mass is 396 g/mol. The molecule has 1 aliphatic rings. The summed E-state index contributed by atoms with van der Waals surface area (Å²) in [6, 6.07) is 9.77. The lowest BCUT2D eigenvalue weighted by Gasteiger charge is -2.25. The van der Waals surface area contributed by atoms with Gasteiger partial charge in [-0.05, 0) is 11.6 Å². The minimum Gasteiger partial charge on any atom is -0.507 e. The molecule has 0 saturated carbocycles. The zero-order valence-corrected chi connectivity index (χ0v) is 14.5. The molecule has 3 rings (SSSR count). The van der Waals surface area contributed by atoms with Gasteiger partial charge in [-0.2, -0.15) is 13.2 Å². The Morgan fingerprint density at radius 1 is 1.18 bits per heavy atom. The Kier molecular flexibility index (Phi) is 5.73. The highest BCUT2D eigenvalue weighted by Gasteiger charge is 2.52. The van der Waals surface area contributed by atoms with Crippen molar-refractivity contribution in [3.8, 4) is 11.5 Å². The zero-order chi connectivity index (χ0) is 20.3. The standard InChI is InChI=1S/C18H19F3N4O3/c19-18(20,21)17-15(10-4-2-1-3-5-10)16(24-25-17)12-7-6-11(8-13(12)26)28-9-14(27)23-22/h1-8,15-17,24-26H,9,22H2,(H,23,27). The van der Waals surface area contributed by atoms with Crippen molar-refractivity contribution in [1.82, 2.24) is 16.3 Å². The molecule has 1 fully saturated rings. The largest absolute Gasteiger partial charge is 0.507 e. The van der Waals surface area contributed by atoms with Crippen LogP contribution in [0.15, 0.2) is 48.5 Å². The summed E-state index contributed by atoms with van der Waals surface area (Å²) in [5.41, 5.74) is 7.59. The Bertz CT molecular complexity index is 833. The number of rotatable bonds is 5. The van der Waals surface area contributed by atoms with Crippen LogP contribution in [-0.4, -0.2) is 29.8 Å². The summed E-state index contributed by atoms with van der Waals surface area (Å²) in [6.07, 6.45) is -4.49. The van der Waals surface area contributed by atoms with Gasteiger partial charge in [0.05, 0.1) is 6.04 Å². The Morgan fingerprint density at radius 2 is 1.89 bits per heavy atom. The number of alkyl halides is 3. The normalized spacial score (nSPS) is 22.1. The van der Waals surface area contributed by atoms with Crippen LogP contribution in [0, 0.1) is 0 Å². The molecule has 2 aromatic carbocycles. The van der Waals surface area contributed by atoms with Crippen molar-refractivity contribution in [3.63, 3.8) is 0 Å². The number of aromatic hydroxyl groups is 1. The molecule has 28 heavy (non-hydrogen) atoms. The van der Waals surface area contributed by atoms with E-state index in [0.717, 1.165) is 0 Å². The van der Waals surface area contributed by atoms with Crippen LogP contribution in [0.1, 0.15) is 23.1 Å². The number of nitrogens with one attached hydrogen (secondary N) is 3. The molecule has 3 unspecified atom stereocenters. The zero-order valence-electron chi connectivity index (χ0n) is 14.5. The lowest BCUT2D eigenvalue weighted by molar-refractivity contribution is -0.156. The number of hydrogen-bond donors (Lipinski definition) is 5. The van der Waals surface area contributed by atoms with Gasteiger partial charge in [0.15, 0.2) is 6.61 Å². The Morgan fingerprint density at radius 3 is 2.50 bits per heavy atom. The number of phenolic OH excluding ortho intramolecular Hbond substituents is 1. The van der Waals surface area contributed by atoms with Crippen LogP contribution >= 0.6 is 0 Å². The molecule has 0 spiro atoms. The van der Waals surface area contributed by atoms with E-state index in [1.807, 2.05) is 5.43 Å². The molecule has 1 amide bonds. The number of hydrogen-bond acceptors (Lipinski definition) is 6. The Balaban J connectivity index is 1.90. The van der Waals surface area contributed by atoms with Crippen LogP contribution in [0.25, 0.3) is 0 Å². The first-order valence-electron chi connectivity index (χ1n) is 8.39. The number of nitrogens with two attached hydrogens (primary N) is 1. The average Bonchev–Trinajstić information content (AvgIpc) is 3.12. The van der Waals surface area contributed by atoms with Gasteiger partial charge in [-0.1, -0.05) is 36.4 Å². The predicted octanol–water partition coefficient (Wildman–Crippen LogP) is 1.62. The lowest BCUT2D eigenvalue weighted by atomic mass is 9.83. The van der Waals surface area contributed by atoms with Crippen LogP contribution in [-0.2, 0) is 4.79 Å². The average molecular weight is 396 g/mol. The van der Waals surface area contributed by atoms with Crippen LogP contribution in [0.5, 0.6) is 11.5 Å².